The minimum Gasteiger partial charge on any atom is -0.494 e. The number of aromatic nitrogens is 5. The molecule has 2 saturated heterocycles. The summed E-state index contributed by atoms with van der Waals surface area (Å²) in [7, 11) is 0. The lowest BCUT2D eigenvalue weighted by atomic mass is 9.86. The second-order valence-corrected chi connectivity index (χ2v) is 15.7. The third kappa shape index (κ3) is 7.75. The number of imidazole rings is 1. The average molecular weight is 812 g/mol. The van der Waals surface area contributed by atoms with Crippen LogP contribution in [0, 0.1) is 6.92 Å². The Morgan fingerprint density at radius 3 is 2.50 bits per heavy atom. The fourth-order valence-corrected chi connectivity index (χ4v) is 8.45. The van der Waals surface area contributed by atoms with E-state index in [9.17, 15) is 24.0 Å². The average Bonchev–Trinajstić information content (AvgIpc) is 3.78. The minimum atomic E-state index is -0.989. The van der Waals surface area contributed by atoms with Gasteiger partial charge in [-0.3, -0.25) is 39.1 Å². The molecule has 9 rings (SSSR count). The van der Waals surface area contributed by atoms with Crippen LogP contribution in [-0.4, -0.2) is 115 Å². The molecule has 0 bridgehead atoms. The molecule has 5 amide bonds. The molecule has 5 aromatic rings. The van der Waals surface area contributed by atoms with Crippen molar-refractivity contribution in [3.8, 4) is 5.75 Å². The van der Waals surface area contributed by atoms with Gasteiger partial charge in [-0.05, 0) is 74.6 Å². The molecule has 3 aliphatic heterocycles. The number of carbonyl (C=O) groups excluding carboxylic acids is 5. The number of ether oxygens (including phenoxy) is 1. The predicted molar refractivity (Wildman–Crippen MR) is 219 cm³/mol. The molecule has 3 fully saturated rings. The van der Waals surface area contributed by atoms with Crippen molar-refractivity contribution in [2.24, 2.45) is 0 Å². The third-order valence-electron chi connectivity index (χ3n) is 11.8. The number of nitrogens with zero attached hydrogens (tertiary/aromatic N) is 8. The Morgan fingerprint density at radius 1 is 0.917 bits per heavy atom. The van der Waals surface area contributed by atoms with Crippen molar-refractivity contribution in [2.45, 2.75) is 63.7 Å². The van der Waals surface area contributed by atoms with E-state index in [0.29, 0.717) is 60.1 Å². The summed E-state index contributed by atoms with van der Waals surface area (Å²) in [4.78, 5) is 87.1. The number of aryl methyl sites for hydroxylation is 1. The second-order valence-electron chi connectivity index (χ2n) is 15.7. The molecule has 0 unspecified atom stereocenters. The summed E-state index contributed by atoms with van der Waals surface area (Å²) in [6.07, 6.45) is 5.95. The third-order valence-corrected chi connectivity index (χ3v) is 11.8. The molecule has 17 heteroatoms. The first-order valence-electron chi connectivity index (χ1n) is 20.4. The van der Waals surface area contributed by atoms with E-state index in [4.69, 9.17) is 4.74 Å². The zero-order valence-corrected chi connectivity index (χ0v) is 33.2. The zero-order chi connectivity index (χ0) is 41.3. The van der Waals surface area contributed by atoms with Crippen LogP contribution in [0.25, 0.3) is 11.2 Å². The Morgan fingerprint density at radius 2 is 1.72 bits per heavy atom. The number of amides is 5. The normalized spacial score (nSPS) is 20.5. The highest BCUT2D eigenvalue weighted by atomic mass is 16.5. The minimum absolute atomic E-state index is 0.0625. The molecule has 1 aliphatic carbocycles. The van der Waals surface area contributed by atoms with Crippen molar-refractivity contribution in [1.82, 2.24) is 44.9 Å². The number of benzene rings is 2. The molecule has 1 atom stereocenters. The van der Waals surface area contributed by atoms with Crippen molar-refractivity contribution in [1.29, 1.82) is 0 Å². The lowest BCUT2D eigenvalue weighted by molar-refractivity contribution is -0.136. The number of nitrogens with one attached hydrogen (secondary N) is 3. The summed E-state index contributed by atoms with van der Waals surface area (Å²) in [6, 6.07) is 17.9. The Labute approximate surface area is 345 Å². The number of rotatable bonds is 13. The van der Waals surface area contributed by atoms with Gasteiger partial charge in [0.25, 0.3) is 17.7 Å². The van der Waals surface area contributed by atoms with Crippen LogP contribution in [0.1, 0.15) is 80.6 Å². The zero-order valence-electron chi connectivity index (χ0n) is 33.2. The van der Waals surface area contributed by atoms with Gasteiger partial charge in [-0.15, -0.1) is 0 Å². The molecular formula is C43H45N11O6. The first-order chi connectivity index (χ1) is 29.2. The number of imide groups is 2. The van der Waals surface area contributed by atoms with Crippen LogP contribution in [-0.2, 0) is 16.1 Å². The van der Waals surface area contributed by atoms with Crippen molar-refractivity contribution < 1.29 is 28.7 Å². The first-order valence-corrected chi connectivity index (χ1v) is 20.4. The quantitative estimate of drug-likeness (QED) is 0.116. The Hall–Kier alpha value is -6.75. The number of hydrogen-bond acceptors (Lipinski definition) is 13. The summed E-state index contributed by atoms with van der Waals surface area (Å²) >= 11 is 0. The van der Waals surface area contributed by atoms with Gasteiger partial charge in [-0.1, -0.05) is 24.3 Å². The highest BCUT2D eigenvalue weighted by Crippen LogP contribution is 2.36. The number of pyridine rings is 1. The summed E-state index contributed by atoms with van der Waals surface area (Å²) in [6.45, 7) is 6.79. The number of hydrogen-bond donors (Lipinski definition) is 3. The van der Waals surface area contributed by atoms with Gasteiger partial charge in [-0.25, -0.2) is 19.9 Å². The van der Waals surface area contributed by atoms with E-state index < -0.39 is 29.7 Å². The largest absolute Gasteiger partial charge is 0.494 e. The number of piperazine rings is 1. The lowest BCUT2D eigenvalue weighted by Crippen LogP contribution is -2.54. The standard InChI is InChI=1S/C43H45N11O6/c1-26-5-2-7-32(48-26)40(56)49-28-21-29(22-28)53-25-47-37-38(45-24-46-39(37)53)44-23-27-9-11-30(12-10-27)60-20-4-15-51-16-18-52(19-17-51)33-8-3-6-31-36(33)43(59)54(42(31)58)34-13-14-35(55)50-41(34)57/h2-3,5-12,24-25,28-29,34H,4,13-23H2,1H3,(H,49,56)(H,44,45,46)(H,50,55,57)/t28?,29?,34-/m0/s1. The molecule has 60 heavy (non-hydrogen) atoms. The number of piperidine rings is 1. The smallest absolute Gasteiger partial charge is 0.270 e. The van der Waals surface area contributed by atoms with Crippen LogP contribution in [0.2, 0.25) is 0 Å². The van der Waals surface area contributed by atoms with Gasteiger partial charge >= 0.3 is 0 Å². The van der Waals surface area contributed by atoms with Crippen LogP contribution >= 0.6 is 0 Å². The predicted octanol–water partition coefficient (Wildman–Crippen LogP) is 3.27. The summed E-state index contributed by atoms with van der Waals surface area (Å²) < 4.78 is 8.13. The van der Waals surface area contributed by atoms with E-state index in [1.54, 1.807) is 30.9 Å². The number of carbonyl (C=O) groups is 5. The SMILES string of the molecule is Cc1cccc(C(=O)NC2CC(n3cnc4c(NCc5ccc(OCCCN6CCN(c7cccc8c7C(=O)N([C@H]7CCC(=O)NC7=O)C8=O)CC6)cc5)ncnc43)C2)n1. The highest BCUT2D eigenvalue weighted by molar-refractivity contribution is 6.25. The maximum atomic E-state index is 13.6. The van der Waals surface area contributed by atoms with Gasteiger partial charge in [-0.2, -0.15) is 0 Å². The number of fused-ring (bicyclic) bond motifs is 2. The van der Waals surface area contributed by atoms with E-state index in [-0.39, 0.29) is 30.8 Å². The molecule has 4 aliphatic rings. The van der Waals surface area contributed by atoms with E-state index in [0.717, 1.165) is 66.5 Å². The Balaban J connectivity index is 0.707. The van der Waals surface area contributed by atoms with E-state index in [1.807, 2.05) is 49.4 Å². The van der Waals surface area contributed by atoms with E-state index in [2.05, 4.69) is 50.3 Å². The molecule has 0 spiro atoms. The summed E-state index contributed by atoms with van der Waals surface area (Å²) in [5.74, 6) is -0.703. The van der Waals surface area contributed by atoms with Crippen LogP contribution in [0.4, 0.5) is 11.5 Å². The maximum absolute atomic E-state index is 13.6. The Kier molecular flexibility index (Phi) is 10.6. The molecule has 2 aromatic carbocycles. The number of anilines is 2. The second kappa shape index (κ2) is 16.5. The molecule has 17 nitrogen and oxygen atoms in total. The van der Waals surface area contributed by atoms with Crippen molar-refractivity contribution in [3.05, 3.63) is 101 Å². The molecule has 3 aromatic heterocycles. The van der Waals surface area contributed by atoms with Gasteiger partial charge in [0.1, 0.15) is 29.3 Å². The molecule has 0 radical (unpaired) electrons. The molecule has 308 valence electrons. The van der Waals surface area contributed by atoms with Crippen LogP contribution in [0.3, 0.4) is 0 Å². The van der Waals surface area contributed by atoms with Crippen LogP contribution in [0.5, 0.6) is 5.75 Å². The fraction of sp³-hybridized carbons (Fsp3) is 0.372. The van der Waals surface area contributed by atoms with Gasteiger partial charge in [0.05, 0.1) is 29.7 Å². The van der Waals surface area contributed by atoms with Crippen molar-refractivity contribution in [3.63, 3.8) is 0 Å². The fourth-order valence-electron chi connectivity index (χ4n) is 8.45. The van der Waals surface area contributed by atoms with Crippen molar-refractivity contribution >= 4 is 52.2 Å². The molecule has 1 saturated carbocycles. The summed E-state index contributed by atoms with van der Waals surface area (Å²) in [5.41, 5.74) is 5.07. The summed E-state index contributed by atoms with van der Waals surface area (Å²) in [5, 5.41) is 8.74. The topological polar surface area (TPSA) is 197 Å². The molecule has 6 heterocycles. The monoisotopic (exact) mass is 811 g/mol. The van der Waals surface area contributed by atoms with Gasteiger partial charge in [0.2, 0.25) is 11.8 Å². The molecule has 3 N–H and O–H groups in total. The van der Waals surface area contributed by atoms with Gasteiger partial charge < -0.3 is 24.8 Å². The van der Waals surface area contributed by atoms with E-state index in [1.165, 1.54) is 0 Å². The maximum Gasteiger partial charge on any atom is 0.270 e. The van der Waals surface area contributed by atoms with Gasteiger partial charge in [0.15, 0.2) is 11.5 Å². The first kappa shape index (κ1) is 38.8. The van der Waals surface area contributed by atoms with E-state index >= 15 is 0 Å². The van der Waals surface area contributed by atoms with Crippen molar-refractivity contribution in [2.75, 3.05) is 49.5 Å². The molecular weight excluding hydrogens is 767 g/mol. The lowest BCUT2D eigenvalue weighted by Gasteiger charge is -2.36. The van der Waals surface area contributed by atoms with Crippen LogP contribution in [0.15, 0.2) is 73.3 Å². The Bertz CT molecular complexity index is 2480. The van der Waals surface area contributed by atoms with Gasteiger partial charge in [0, 0.05) is 63.5 Å². The highest BCUT2D eigenvalue weighted by Gasteiger charge is 2.46. The van der Waals surface area contributed by atoms with Crippen LogP contribution < -0.4 is 25.6 Å².